The smallest absolute Gasteiger partial charge is 0.0194 e. The maximum atomic E-state index is 5.75. The van der Waals surface area contributed by atoms with Gasteiger partial charge < -0.3 is 0 Å². The van der Waals surface area contributed by atoms with Crippen molar-refractivity contribution in [2.24, 2.45) is 0 Å². The Morgan fingerprint density at radius 2 is 0.212 bits per heavy atom. The summed E-state index contributed by atoms with van der Waals surface area (Å²) in [5, 5.41) is 0. The van der Waals surface area contributed by atoms with Gasteiger partial charge in [-0.05, 0) is 0 Å². The van der Waals surface area contributed by atoms with E-state index >= 15 is 0 Å². The highest BCUT2D eigenvalue weighted by atomic mass is 12.6. The van der Waals surface area contributed by atoms with Crippen LogP contribution in [0.3, 0.4) is 0 Å². The summed E-state index contributed by atoms with van der Waals surface area (Å²) >= 11 is 0. The van der Waals surface area contributed by atoms with Crippen molar-refractivity contribution in [2.45, 2.75) is 171 Å². The molecule has 33 heavy (non-hydrogen) atoms. The Hall–Kier alpha value is -2.20. The van der Waals surface area contributed by atoms with Gasteiger partial charge in [0, 0.05) is 19.0 Å². The average molecular weight is 535 g/mol. The number of hydrogen-bond acceptors (Lipinski definition) is 0. The van der Waals surface area contributed by atoms with Gasteiger partial charge in [0.15, 0.2) is 0 Å². The fraction of sp³-hybridized carbons (Fsp3) is 0.697. The van der Waals surface area contributed by atoms with E-state index in [0.717, 1.165) is 0 Å². The summed E-state index contributed by atoms with van der Waals surface area (Å²) in [6, 6.07) is 0. The largest absolute Gasteiger partial charge is 0.124 e. The molecule has 244 valence electrons. The predicted molar refractivity (Wildman–Crippen MR) is 215 cm³/mol. The molecule has 0 aromatic carbocycles. The molecule has 0 heteroatoms. The number of terminal acetylenes is 5. The highest BCUT2D eigenvalue weighted by Gasteiger charge is 0.462. The Bertz CT molecular complexity index is 98.1. The molecule has 0 saturated heterocycles. The standard InChI is InChI=1S/5C2H2.23CH4.5H2/c5*1-2;;;;;;;;;;;;;;;;;;;;;;;;;;;;/h5*1-2H;23*1H4;5*1H/i;;;;;3*1T;;;;;;;;;;;;;;;;;;;;;5*1+2T. The number of rotatable bonds is 0. The highest BCUT2D eigenvalue weighted by Crippen LogP contribution is 0.588. The molecule has 0 N–H and O–H groups in total. The van der Waals surface area contributed by atoms with Gasteiger partial charge in [-0.25, -0.2) is 0 Å². The third kappa shape index (κ3) is 4760. The summed E-state index contributed by atoms with van der Waals surface area (Å²) < 4.78 is 67.2. The lowest BCUT2D eigenvalue weighted by atomic mass is 11.4. The van der Waals surface area contributed by atoms with Gasteiger partial charge in [0.25, 0.3) is 0 Å². The van der Waals surface area contributed by atoms with Gasteiger partial charge >= 0.3 is 0 Å². The first kappa shape index (κ1) is 234. The van der Waals surface area contributed by atoms with E-state index in [2.05, 4.69) is 64.2 Å². The Kier molecular flexibility index (Phi) is 36300. The van der Waals surface area contributed by atoms with E-state index in [9.17, 15) is 0 Å². The molecule has 0 aromatic rings. The molecular weight excluding hydrogens is 396 g/mol. The van der Waals surface area contributed by atoms with Gasteiger partial charge in [-0.15, -0.1) is 64.2 Å². The molecule has 0 aliphatic rings. The first-order chi connectivity index (χ1) is 13.0. The summed E-state index contributed by atoms with van der Waals surface area (Å²) in [6.07, 6.45) is 40.0. The molecule has 0 spiro atoms. The molecule has 0 atom stereocenters. The second-order valence-electron chi connectivity index (χ2n) is 0. The van der Waals surface area contributed by atoms with Crippen LogP contribution in [0.1, 0.15) is 190 Å². The fourth-order valence-corrected chi connectivity index (χ4v) is 0. The summed E-state index contributed by atoms with van der Waals surface area (Å²) in [7, 11) is 3.75. The third-order valence-electron chi connectivity index (χ3n) is 0. The molecule has 0 bridgehead atoms. The van der Waals surface area contributed by atoms with Gasteiger partial charge in [0.2, 0.25) is 0 Å². The zero-order valence-corrected chi connectivity index (χ0v) is 8.77. The minimum absolute atomic E-state index is 0. The van der Waals surface area contributed by atoms with Crippen molar-refractivity contribution in [2.75, 3.05) is 0 Å². The second kappa shape index (κ2) is 5110. The van der Waals surface area contributed by atoms with E-state index in [0.29, 0.717) is 0 Å². The maximum Gasteiger partial charge on any atom is 0.0194 e. The van der Waals surface area contributed by atoms with Crippen molar-refractivity contribution in [3.8, 4) is 64.2 Å². The lowest BCUT2D eigenvalue weighted by molar-refractivity contribution is 2.50. The summed E-state index contributed by atoms with van der Waals surface area (Å²) in [6.45, 7) is 0. The fourth-order valence-electron chi connectivity index (χ4n) is 0. The van der Waals surface area contributed by atoms with E-state index < -0.39 is 0 Å². The normalized spacial score (nSPS) is 2.15. The lowest BCUT2D eigenvalue weighted by Crippen LogP contribution is -0.576. The van der Waals surface area contributed by atoms with Crippen LogP contribution in [0.15, 0.2) is 0 Å². The van der Waals surface area contributed by atoms with Crippen LogP contribution in [0, 0.1) is 64.2 Å². The molecule has 0 rings (SSSR count). The van der Waals surface area contributed by atoms with Crippen LogP contribution >= 0.6 is 0 Å². The Morgan fingerprint density at radius 3 is 0.212 bits per heavy atom. The van der Waals surface area contributed by atoms with Crippen molar-refractivity contribution in [3.05, 3.63) is 0 Å². The molecule has 0 amide bonds. The molecular formula is C33H112. The molecule has 0 aromatic heterocycles. The van der Waals surface area contributed by atoms with Gasteiger partial charge in [-0.2, -0.15) is 0 Å². The van der Waals surface area contributed by atoms with Crippen molar-refractivity contribution >= 4 is 0 Å². The van der Waals surface area contributed by atoms with E-state index in [1.165, 1.54) is 22.2 Å². The Balaban J connectivity index is -0.00000000124. The second-order valence-corrected chi connectivity index (χ2v) is 0. The topological polar surface area (TPSA) is 0 Å². The molecule has 0 aliphatic carbocycles. The first-order valence-corrected chi connectivity index (χ1v) is 1.67. The van der Waals surface area contributed by atoms with Gasteiger partial charge in [0.1, 0.15) is 0 Å². The molecule has 0 heterocycles. The van der Waals surface area contributed by atoms with Crippen LogP contribution in [-0.2, 0) is 0 Å². The van der Waals surface area contributed by atoms with Crippen LogP contribution < -0.4 is 0 Å². The van der Waals surface area contributed by atoms with Crippen LogP contribution in [0.2, 0.25) is 0 Å². The maximum absolute atomic E-state index is 5.75. The average Bonchev–Trinajstić information content (AvgIpc) is 2.90. The van der Waals surface area contributed by atoms with Gasteiger partial charge in [-0.1, -0.05) is 171 Å². The minimum atomic E-state index is 0. The van der Waals surface area contributed by atoms with E-state index in [1.807, 2.05) is 0 Å². The summed E-state index contributed by atoms with van der Waals surface area (Å²) in [5.41, 5.74) is 0. The Labute approximate surface area is 254 Å². The molecule has 0 saturated carbocycles. The number of hydrogen-bond donors (Lipinski definition) is 0. The summed E-state index contributed by atoms with van der Waals surface area (Å²) in [4.78, 5) is 0. The lowest BCUT2D eigenvalue weighted by Gasteiger charge is -0.701. The Morgan fingerprint density at radius 1 is 0.212 bits per heavy atom. The van der Waals surface area contributed by atoms with Crippen LogP contribution in [0.5, 0.6) is 0 Å². The molecule has 0 unspecified atom stereocenters. The molecule has 0 nitrogen and oxygen atoms in total. The SMILES string of the molecule is C.C.C.C.C.C.C.C.C.C.C.C.C.C.C.C.C.C.C.C.C#C.C#C.C#C.C#C.C#C.[3H]C.[3H]C.[3H]C.[3H][3H].[3H][3H].[3H][3H].[3H][3H].[3H][3H]. The van der Waals surface area contributed by atoms with Crippen LogP contribution in [0.25, 0.3) is 0 Å². The van der Waals surface area contributed by atoms with E-state index in [1.54, 1.807) is 0 Å². The third-order valence-corrected chi connectivity index (χ3v) is 0. The first-order valence-electron chi connectivity index (χ1n) is 9.67. The predicted octanol–water partition coefficient (Wildman–Crippen LogP) is 17.1. The molecule has 0 fully saturated rings. The van der Waals surface area contributed by atoms with Crippen molar-refractivity contribution in [3.63, 3.8) is 0 Å². The summed E-state index contributed by atoms with van der Waals surface area (Å²) in [5.74, 6) is 0. The highest BCUT2D eigenvalue weighted by molar-refractivity contribution is 4.47. The van der Waals surface area contributed by atoms with Crippen molar-refractivity contribution in [1.29, 1.82) is 0 Å². The van der Waals surface area contributed by atoms with E-state index in [-0.39, 0.29) is 149 Å². The zero-order valence-electron chi connectivity index (χ0n) is 21.8. The zero-order chi connectivity index (χ0) is 26.0. The van der Waals surface area contributed by atoms with Gasteiger partial charge in [-0.3, -0.25) is 0 Å². The van der Waals surface area contributed by atoms with Crippen LogP contribution in [-0.4, -0.2) is 0 Å². The van der Waals surface area contributed by atoms with Crippen LogP contribution in [0.4, 0.5) is 0 Å². The van der Waals surface area contributed by atoms with Crippen molar-refractivity contribution in [1.82, 2.24) is 0 Å². The molecule has 0 aliphatic heterocycles. The van der Waals surface area contributed by atoms with E-state index in [4.69, 9.17) is 19.0 Å². The van der Waals surface area contributed by atoms with Crippen molar-refractivity contribution < 1.29 is 19.0 Å². The quantitative estimate of drug-likeness (QED) is 0.271. The van der Waals surface area contributed by atoms with Gasteiger partial charge in [0.05, 0.1) is 0 Å². The molecule has 0 radical (unpaired) electrons. The minimum Gasteiger partial charge on any atom is -0.124 e. The monoisotopic (exact) mass is 535 g/mol.